The largest absolute Gasteiger partial charge is 0.371 e. The van der Waals surface area contributed by atoms with E-state index < -0.39 is 0 Å². The van der Waals surface area contributed by atoms with Crippen LogP contribution in [0.3, 0.4) is 0 Å². The van der Waals surface area contributed by atoms with Crippen LogP contribution in [0.15, 0.2) is 29.0 Å². The summed E-state index contributed by atoms with van der Waals surface area (Å²) in [6.45, 7) is 6.28. The lowest BCUT2D eigenvalue weighted by Crippen LogP contribution is -2.66. The predicted octanol–water partition coefficient (Wildman–Crippen LogP) is 2.38. The van der Waals surface area contributed by atoms with Gasteiger partial charge in [-0.15, -0.1) is 0 Å². The van der Waals surface area contributed by atoms with Crippen molar-refractivity contribution in [1.82, 2.24) is 20.4 Å². The standard InChI is InChI=1S/C22H28N4O4/c1-3-4-18-19(15(2)25-30-18)21(28)26-13-22(14-26)17(8-12-29-22)7-11-24-20(27)16-5-9-23-10-6-16/h5-6,9-10,17H,3-4,7-8,11-14H2,1-2H3,(H,24,27)/t17-/m0/s1. The van der Waals surface area contributed by atoms with Gasteiger partial charge in [0, 0.05) is 37.5 Å². The van der Waals surface area contributed by atoms with E-state index in [0.29, 0.717) is 61.2 Å². The third-order valence-corrected chi connectivity index (χ3v) is 6.15. The van der Waals surface area contributed by atoms with Gasteiger partial charge in [0.05, 0.1) is 18.8 Å². The first-order valence-electron chi connectivity index (χ1n) is 10.6. The molecule has 1 N–H and O–H groups in total. The number of aryl methyl sites for hydroxylation is 2. The predicted molar refractivity (Wildman–Crippen MR) is 109 cm³/mol. The van der Waals surface area contributed by atoms with Crippen molar-refractivity contribution in [2.24, 2.45) is 5.92 Å². The topological polar surface area (TPSA) is 97.6 Å². The van der Waals surface area contributed by atoms with Crippen LogP contribution in [0.2, 0.25) is 0 Å². The summed E-state index contributed by atoms with van der Waals surface area (Å²) in [5, 5.41) is 6.96. The molecule has 8 heteroatoms. The zero-order chi connectivity index (χ0) is 21.1. The lowest BCUT2D eigenvalue weighted by atomic mass is 9.78. The second-order valence-corrected chi connectivity index (χ2v) is 8.16. The molecule has 0 aliphatic carbocycles. The summed E-state index contributed by atoms with van der Waals surface area (Å²) in [5.41, 5.74) is 1.56. The van der Waals surface area contributed by atoms with Crippen LogP contribution in [0.4, 0.5) is 0 Å². The highest BCUT2D eigenvalue weighted by molar-refractivity contribution is 5.97. The van der Waals surface area contributed by atoms with E-state index in [-0.39, 0.29) is 17.4 Å². The SMILES string of the molecule is CCCc1onc(C)c1C(=O)N1CC2(C1)OCC[C@@H]2CCNC(=O)c1ccncc1. The Bertz CT molecular complexity index is 905. The van der Waals surface area contributed by atoms with Crippen LogP contribution in [-0.4, -0.2) is 58.7 Å². The molecule has 2 aromatic heterocycles. The molecular formula is C22H28N4O4. The summed E-state index contributed by atoms with van der Waals surface area (Å²) in [4.78, 5) is 31.0. The number of carbonyl (C=O) groups excluding carboxylic acids is 2. The van der Waals surface area contributed by atoms with E-state index in [0.717, 1.165) is 19.3 Å². The highest BCUT2D eigenvalue weighted by Crippen LogP contribution is 2.42. The first kappa shape index (κ1) is 20.5. The van der Waals surface area contributed by atoms with Gasteiger partial charge in [0.2, 0.25) is 0 Å². The molecule has 2 aromatic rings. The van der Waals surface area contributed by atoms with Crippen LogP contribution in [0.25, 0.3) is 0 Å². The molecule has 0 saturated carbocycles. The maximum atomic E-state index is 13.0. The van der Waals surface area contributed by atoms with Gasteiger partial charge in [-0.05, 0) is 44.2 Å². The van der Waals surface area contributed by atoms with E-state index in [9.17, 15) is 9.59 Å². The van der Waals surface area contributed by atoms with Crippen LogP contribution in [0.1, 0.15) is 58.4 Å². The molecule has 4 rings (SSSR count). The second-order valence-electron chi connectivity index (χ2n) is 8.16. The first-order valence-corrected chi connectivity index (χ1v) is 10.6. The zero-order valence-corrected chi connectivity index (χ0v) is 17.5. The summed E-state index contributed by atoms with van der Waals surface area (Å²) in [6, 6.07) is 3.40. The molecule has 2 saturated heterocycles. The van der Waals surface area contributed by atoms with Gasteiger partial charge in [0.25, 0.3) is 11.8 Å². The Labute approximate surface area is 176 Å². The van der Waals surface area contributed by atoms with Crippen molar-refractivity contribution < 1.29 is 18.8 Å². The van der Waals surface area contributed by atoms with Crippen LogP contribution in [-0.2, 0) is 11.2 Å². The molecule has 2 amide bonds. The summed E-state index contributed by atoms with van der Waals surface area (Å²) in [5.74, 6) is 0.867. The van der Waals surface area contributed by atoms with E-state index in [1.54, 1.807) is 24.5 Å². The highest BCUT2D eigenvalue weighted by Gasteiger charge is 2.54. The van der Waals surface area contributed by atoms with E-state index in [4.69, 9.17) is 9.26 Å². The molecule has 160 valence electrons. The molecule has 2 aliphatic rings. The molecular weight excluding hydrogens is 384 g/mol. The number of likely N-dealkylation sites (tertiary alicyclic amines) is 1. The van der Waals surface area contributed by atoms with Gasteiger partial charge in [-0.2, -0.15) is 0 Å². The second kappa shape index (κ2) is 8.55. The summed E-state index contributed by atoms with van der Waals surface area (Å²) in [7, 11) is 0. The lowest BCUT2D eigenvalue weighted by molar-refractivity contribution is -0.118. The number of nitrogens with zero attached hydrogens (tertiary/aromatic N) is 3. The smallest absolute Gasteiger partial charge is 0.259 e. The average molecular weight is 412 g/mol. The van der Waals surface area contributed by atoms with Crippen molar-refractivity contribution in [2.45, 2.75) is 45.1 Å². The van der Waals surface area contributed by atoms with Gasteiger partial charge < -0.3 is 19.5 Å². The van der Waals surface area contributed by atoms with E-state index in [2.05, 4.69) is 22.4 Å². The Balaban J connectivity index is 1.32. The Hall–Kier alpha value is -2.74. The Kier molecular flexibility index (Phi) is 5.85. The molecule has 2 fully saturated rings. The number of amides is 2. The molecule has 0 radical (unpaired) electrons. The van der Waals surface area contributed by atoms with Gasteiger partial charge in [-0.3, -0.25) is 14.6 Å². The fraction of sp³-hybridized carbons (Fsp3) is 0.545. The third kappa shape index (κ3) is 3.84. The summed E-state index contributed by atoms with van der Waals surface area (Å²) >= 11 is 0. The van der Waals surface area contributed by atoms with E-state index >= 15 is 0 Å². The van der Waals surface area contributed by atoms with Gasteiger partial charge in [-0.25, -0.2) is 0 Å². The number of ether oxygens (including phenoxy) is 1. The van der Waals surface area contributed by atoms with Crippen LogP contribution in [0.5, 0.6) is 0 Å². The summed E-state index contributed by atoms with van der Waals surface area (Å²) < 4.78 is 11.4. The highest BCUT2D eigenvalue weighted by atomic mass is 16.5. The van der Waals surface area contributed by atoms with Crippen LogP contribution >= 0.6 is 0 Å². The molecule has 8 nitrogen and oxygen atoms in total. The minimum atomic E-state index is -0.299. The van der Waals surface area contributed by atoms with Gasteiger partial charge >= 0.3 is 0 Å². The monoisotopic (exact) mass is 412 g/mol. The normalized spacial score (nSPS) is 19.7. The first-order chi connectivity index (χ1) is 14.5. The van der Waals surface area contributed by atoms with Gasteiger partial charge in [-0.1, -0.05) is 12.1 Å². The van der Waals surface area contributed by atoms with Gasteiger partial charge in [0.1, 0.15) is 16.9 Å². The van der Waals surface area contributed by atoms with Crippen LogP contribution < -0.4 is 5.32 Å². The lowest BCUT2D eigenvalue weighted by Gasteiger charge is -2.50. The Morgan fingerprint density at radius 1 is 1.30 bits per heavy atom. The average Bonchev–Trinajstić information content (AvgIpc) is 3.31. The van der Waals surface area contributed by atoms with Crippen LogP contribution in [0, 0.1) is 12.8 Å². The number of hydrogen-bond acceptors (Lipinski definition) is 6. The number of aromatic nitrogens is 2. The summed E-state index contributed by atoms with van der Waals surface area (Å²) in [6.07, 6.45) is 6.59. The Morgan fingerprint density at radius 3 is 2.80 bits per heavy atom. The van der Waals surface area contributed by atoms with Crippen molar-refractivity contribution in [1.29, 1.82) is 0 Å². The molecule has 4 heterocycles. The molecule has 30 heavy (non-hydrogen) atoms. The molecule has 2 aliphatic heterocycles. The zero-order valence-electron chi connectivity index (χ0n) is 17.5. The molecule has 0 bridgehead atoms. The van der Waals surface area contributed by atoms with Crippen molar-refractivity contribution in [3.63, 3.8) is 0 Å². The third-order valence-electron chi connectivity index (χ3n) is 6.15. The molecule has 1 atom stereocenters. The molecule has 1 spiro atoms. The Morgan fingerprint density at radius 2 is 2.07 bits per heavy atom. The minimum Gasteiger partial charge on any atom is -0.371 e. The molecule has 0 unspecified atom stereocenters. The maximum absolute atomic E-state index is 13.0. The minimum absolute atomic E-state index is 0.0249. The number of rotatable bonds is 7. The van der Waals surface area contributed by atoms with Crippen molar-refractivity contribution >= 4 is 11.8 Å². The van der Waals surface area contributed by atoms with Crippen molar-refractivity contribution in [2.75, 3.05) is 26.2 Å². The van der Waals surface area contributed by atoms with E-state index in [1.165, 1.54) is 0 Å². The quantitative estimate of drug-likeness (QED) is 0.750. The fourth-order valence-corrected chi connectivity index (χ4v) is 4.50. The van der Waals surface area contributed by atoms with Crippen molar-refractivity contribution in [3.8, 4) is 0 Å². The number of hydrogen-bond donors (Lipinski definition) is 1. The number of carbonyl (C=O) groups is 2. The number of nitrogens with one attached hydrogen (secondary N) is 1. The van der Waals surface area contributed by atoms with Gasteiger partial charge in [0.15, 0.2) is 0 Å². The van der Waals surface area contributed by atoms with E-state index in [1.807, 2.05) is 11.8 Å². The maximum Gasteiger partial charge on any atom is 0.259 e. The molecule has 0 aromatic carbocycles. The fourth-order valence-electron chi connectivity index (χ4n) is 4.50. The number of pyridine rings is 1. The van der Waals surface area contributed by atoms with Crippen molar-refractivity contribution in [3.05, 3.63) is 47.1 Å².